The maximum absolute atomic E-state index is 12.7. The molecule has 0 aliphatic heterocycles. The van der Waals surface area contributed by atoms with E-state index in [0.29, 0.717) is 36.6 Å². The fourth-order valence-corrected chi connectivity index (χ4v) is 3.15. The minimum atomic E-state index is -0.689. The smallest absolute Gasteiger partial charge is 0.334 e. The topological polar surface area (TPSA) is 102 Å². The average Bonchev–Trinajstić information content (AvgIpc) is 2.70. The Morgan fingerprint density at radius 3 is 2.16 bits per heavy atom. The molecule has 3 atom stereocenters. The molecule has 0 aromatic carbocycles. The SMILES string of the molecule is C=C(CBr)C(=O)OC(C)CCCCC(=O)N[C@H](C(=O)N[C@@H](CCCC)C(C)=O)C(C)C. The maximum Gasteiger partial charge on any atom is 0.334 e. The molecule has 0 aromatic rings. The minimum absolute atomic E-state index is 0.0786. The highest BCUT2D eigenvalue weighted by Gasteiger charge is 2.27. The van der Waals surface area contributed by atoms with Gasteiger partial charge < -0.3 is 15.4 Å². The minimum Gasteiger partial charge on any atom is -0.459 e. The lowest BCUT2D eigenvalue weighted by Gasteiger charge is -2.24. The summed E-state index contributed by atoms with van der Waals surface area (Å²) in [5.74, 6) is -1.14. The van der Waals surface area contributed by atoms with Crippen LogP contribution in [0.4, 0.5) is 0 Å². The van der Waals surface area contributed by atoms with Crippen LogP contribution >= 0.6 is 15.9 Å². The Morgan fingerprint density at radius 2 is 1.65 bits per heavy atom. The first-order valence-corrected chi connectivity index (χ1v) is 12.2. The molecule has 0 aromatic heterocycles. The van der Waals surface area contributed by atoms with E-state index in [1.807, 2.05) is 27.7 Å². The van der Waals surface area contributed by atoms with Crippen LogP contribution in [-0.4, -0.2) is 47.1 Å². The highest BCUT2D eigenvalue weighted by Crippen LogP contribution is 2.11. The molecule has 0 rings (SSSR count). The Balaban J connectivity index is 4.50. The van der Waals surface area contributed by atoms with Crippen molar-refractivity contribution in [2.45, 2.75) is 97.8 Å². The van der Waals surface area contributed by atoms with E-state index in [9.17, 15) is 19.2 Å². The van der Waals surface area contributed by atoms with E-state index >= 15 is 0 Å². The molecule has 0 heterocycles. The van der Waals surface area contributed by atoms with Gasteiger partial charge in [-0.1, -0.05) is 56.1 Å². The van der Waals surface area contributed by atoms with Crippen molar-refractivity contribution in [1.29, 1.82) is 0 Å². The van der Waals surface area contributed by atoms with Crippen LogP contribution in [0.1, 0.15) is 79.6 Å². The summed E-state index contributed by atoms with van der Waals surface area (Å²) in [6.45, 7) is 12.6. The third-order valence-corrected chi connectivity index (χ3v) is 5.62. The third-order valence-electron chi connectivity index (χ3n) is 4.94. The fraction of sp³-hybridized carbons (Fsp3) is 0.739. The van der Waals surface area contributed by atoms with Gasteiger partial charge in [-0.15, -0.1) is 0 Å². The van der Waals surface area contributed by atoms with Crippen molar-refractivity contribution in [2.24, 2.45) is 5.92 Å². The monoisotopic (exact) mass is 502 g/mol. The van der Waals surface area contributed by atoms with Crippen LogP contribution < -0.4 is 10.6 Å². The zero-order chi connectivity index (χ0) is 24.0. The molecule has 0 spiro atoms. The van der Waals surface area contributed by atoms with Crippen LogP contribution in [0.25, 0.3) is 0 Å². The van der Waals surface area contributed by atoms with Crippen LogP contribution in [0.15, 0.2) is 12.2 Å². The molecule has 1 unspecified atom stereocenters. The molecule has 0 aliphatic carbocycles. The van der Waals surface area contributed by atoms with Gasteiger partial charge >= 0.3 is 5.97 Å². The second-order valence-electron chi connectivity index (χ2n) is 8.30. The van der Waals surface area contributed by atoms with Crippen molar-refractivity contribution < 1.29 is 23.9 Å². The summed E-state index contributed by atoms with van der Waals surface area (Å²) in [5.41, 5.74) is 0.367. The molecule has 0 bridgehead atoms. The molecule has 178 valence electrons. The van der Waals surface area contributed by atoms with E-state index in [0.717, 1.165) is 12.8 Å². The molecule has 0 aliphatic rings. The summed E-state index contributed by atoms with van der Waals surface area (Å²) in [5, 5.41) is 5.96. The first kappa shape index (κ1) is 29.3. The number of alkyl halides is 1. The van der Waals surface area contributed by atoms with Crippen molar-refractivity contribution in [3.8, 4) is 0 Å². The number of ether oxygens (including phenoxy) is 1. The Labute approximate surface area is 195 Å². The number of esters is 1. The summed E-state index contributed by atoms with van der Waals surface area (Å²) in [6, 6.07) is -1.21. The number of unbranched alkanes of at least 4 members (excludes halogenated alkanes) is 2. The van der Waals surface area contributed by atoms with E-state index < -0.39 is 18.1 Å². The first-order chi connectivity index (χ1) is 14.5. The Bertz CT molecular complexity index is 621. The largest absolute Gasteiger partial charge is 0.459 e. The summed E-state index contributed by atoms with van der Waals surface area (Å²) in [7, 11) is 0. The lowest BCUT2D eigenvalue weighted by Crippen LogP contribution is -2.53. The van der Waals surface area contributed by atoms with E-state index in [4.69, 9.17) is 4.74 Å². The van der Waals surface area contributed by atoms with Gasteiger partial charge in [-0.3, -0.25) is 14.4 Å². The zero-order valence-electron chi connectivity index (χ0n) is 19.6. The predicted octanol–water partition coefficient (Wildman–Crippen LogP) is 3.83. The molecule has 0 radical (unpaired) electrons. The van der Waals surface area contributed by atoms with Crippen LogP contribution in [0.5, 0.6) is 0 Å². The lowest BCUT2D eigenvalue weighted by molar-refractivity contribution is -0.143. The number of carbonyl (C=O) groups is 4. The van der Waals surface area contributed by atoms with Gasteiger partial charge in [-0.25, -0.2) is 4.79 Å². The second-order valence-corrected chi connectivity index (χ2v) is 8.86. The number of nitrogens with one attached hydrogen (secondary N) is 2. The Kier molecular flexibility index (Phi) is 15.1. The van der Waals surface area contributed by atoms with Crippen LogP contribution in [0.2, 0.25) is 0 Å². The molecule has 7 nitrogen and oxygen atoms in total. The van der Waals surface area contributed by atoms with E-state index in [-0.39, 0.29) is 36.0 Å². The number of ketones is 1. The first-order valence-electron chi connectivity index (χ1n) is 11.1. The van der Waals surface area contributed by atoms with E-state index in [2.05, 4.69) is 33.1 Å². The number of Topliss-reactive ketones (excluding diaryl/α,β-unsaturated/α-hetero) is 1. The van der Waals surface area contributed by atoms with Gasteiger partial charge in [-0.05, 0) is 45.4 Å². The van der Waals surface area contributed by atoms with Gasteiger partial charge in [0.15, 0.2) is 5.78 Å². The zero-order valence-corrected chi connectivity index (χ0v) is 21.2. The second kappa shape index (κ2) is 16.0. The maximum atomic E-state index is 12.7. The average molecular weight is 503 g/mol. The van der Waals surface area contributed by atoms with Crippen molar-refractivity contribution in [3.05, 3.63) is 12.2 Å². The summed E-state index contributed by atoms with van der Waals surface area (Å²) in [6.07, 6.45) is 4.37. The molecule has 2 amide bonds. The van der Waals surface area contributed by atoms with E-state index in [1.165, 1.54) is 6.92 Å². The third kappa shape index (κ3) is 12.7. The number of halogens is 1. The highest BCUT2D eigenvalue weighted by molar-refractivity contribution is 9.09. The van der Waals surface area contributed by atoms with Gasteiger partial charge in [0.25, 0.3) is 0 Å². The number of hydrogen-bond donors (Lipinski definition) is 2. The van der Waals surface area contributed by atoms with Crippen LogP contribution in [0, 0.1) is 5.92 Å². The van der Waals surface area contributed by atoms with Gasteiger partial charge in [0.1, 0.15) is 6.04 Å². The molecule has 0 saturated heterocycles. The quantitative estimate of drug-likeness (QED) is 0.144. The summed E-state index contributed by atoms with van der Waals surface area (Å²) < 4.78 is 5.27. The predicted molar refractivity (Wildman–Crippen MR) is 126 cm³/mol. The molecule has 0 fully saturated rings. The number of rotatable bonds is 16. The van der Waals surface area contributed by atoms with Gasteiger partial charge in [0, 0.05) is 17.3 Å². The van der Waals surface area contributed by atoms with Gasteiger partial charge in [0.05, 0.1) is 12.1 Å². The van der Waals surface area contributed by atoms with Crippen LogP contribution in [0.3, 0.4) is 0 Å². The Hall–Kier alpha value is -1.70. The lowest BCUT2D eigenvalue weighted by atomic mass is 10.0. The van der Waals surface area contributed by atoms with Gasteiger partial charge in [0.2, 0.25) is 11.8 Å². The molecule has 2 N–H and O–H groups in total. The highest BCUT2D eigenvalue weighted by atomic mass is 79.9. The standard InChI is InChI=1S/C23H39BrN2O5/c1-7-8-12-19(18(6)27)25-22(29)21(15(2)3)26-20(28)13-10-9-11-17(5)31-23(30)16(4)14-24/h15,17,19,21H,4,7-14H2,1-3,5-6H3,(H,25,29)(H,26,28)/t17?,19-,21-/m0/s1. The molecule has 31 heavy (non-hydrogen) atoms. The molecular formula is C23H39BrN2O5. The number of hydrogen-bond acceptors (Lipinski definition) is 5. The van der Waals surface area contributed by atoms with Crippen molar-refractivity contribution in [3.63, 3.8) is 0 Å². The molecular weight excluding hydrogens is 464 g/mol. The Morgan fingerprint density at radius 1 is 1.00 bits per heavy atom. The van der Waals surface area contributed by atoms with Crippen molar-refractivity contribution in [1.82, 2.24) is 10.6 Å². The normalized spacial score (nSPS) is 13.8. The van der Waals surface area contributed by atoms with E-state index in [1.54, 1.807) is 0 Å². The number of amides is 2. The number of carbonyl (C=O) groups excluding carboxylic acids is 4. The van der Waals surface area contributed by atoms with Crippen molar-refractivity contribution in [2.75, 3.05) is 5.33 Å². The molecule has 8 heteroatoms. The van der Waals surface area contributed by atoms with Gasteiger partial charge in [-0.2, -0.15) is 0 Å². The molecule has 0 saturated carbocycles. The van der Waals surface area contributed by atoms with Crippen molar-refractivity contribution >= 4 is 39.5 Å². The summed E-state index contributed by atoms with van der Waals surface area (Å²) >= 11 is 3.17. The fourth-order valence-electron chi connectivity index (χ4n) is 2.92. The summed E-state index contributed by atoms with van der Waals surface area (Å²) in [4.78, 5) is 48.5. The van der Waals surface area contributed by atoms with Crippen LogP contribution in [-0.2, 0) is 23.9 Å².